The van der Waals surface area contributed by atoms with Crippen molar-refractivity contribution in [3.05, 3.63) is 54.6 Å². The Morgan fingerprint density at radius 3 is 2.67 bits per heavy atom. The maximum Gasteiger partial charge on any atom is 0.252 e. The van der Waals surface area contributed by atoms with Crippen LogP contribution in [0.4, 0.5) is 0 Å². The van der Waals surface area contributed by atoms with Crippen molar-refractivity contribution < 1.29 is 9.53 Å². The molecule has 2 aromatic rings. The van der Waals surface area contributed by atoms with Gasteiger partial charge >= 0.3 is 0 Å². The van der Waals surface area contributed by atoms with Gasteiger partial charge in [-0.25, -0.2) is 0 Å². The summed E-state index contributed by atoms with van der Waals surface area (Å²) >= 11 is 5.45. The molecule has 0 spiro atoms. The largest absolute Gasteiger partial charge is 0.493 e. The second kappa shape index (κ2) is 5.69. The molecule has 0 fully saturated rings. The molecular weight excluding hydrogens is 248 g/mol. The molecule has 3 heteroatoms. The molecule has 0 aromatic heterocycles. The highest BCUT2D eigenvalue weighted by molar-refractivity contribution is 6.67. The SMILES string of the molecule is C=CCCOc1ccc2cc(C(=O)Cl)ccc2c1. The molecule has 0 unspecified atom stereocenters. The van der Waals surface area contributed by atoms with E-state index in [2.05, 4.69) is 6.58 Å². The van der Waals surface area contributed by atoms with Gasteiger partial charge in [-0.2, -0.15) is 0 Å². The van der Waals surface area contributed by atoms with Crippen molar-refractivity contribution in [1.29, 1.82) is 0 Å². The van der Waals surface area contributed by atoms with Gasteiger partial charge in [0.05, 0.1) is 6.61 Å². The molecule has 92 valence electrons. The zero-order chi connectivity index (χ0) is 13.0. The summed E-state index contributed by atoms with van der Waals surface area (Å²) in [6, 6.07) is 11.1. The van der Waals surface area contributed by atoms with Crippen LogP contribution in [0.2, 0.25) is 0 Å². The van der Waals surface area contributed by atoms with Crippen LogP contribution in [-0.2, 0) is 0 Å². The lowest BCUT2D eigenvalue weighted by atomic mass is 10.1. The van der Waals surface area contributed by atoms with Crippen LogP contribution in [0, 0.1) is 0 Å². The molecule has 0 radical (unpaired) electrons. The van der Waals surface area contributed by atoms with Crippen LogP contribution in [0.5, 0.6) is 5.75 Å². The average molecular weight is 261 g/mol. The van der Waals surface area contributed by atoms with Crippen molar-refractivity contribution in [2.24, 2.45) is 0 Å². The van der Waals surface area contributed by atoms with E-state index in [1.54, 1.807) is 12.1 Å². The zero-order valence-corrected chi connectivity index (χ0v) is 10.6. The van der Waals surface area contributed by atoms with Gasteiger partial charge in [0.25, 0.3) is 5.24 Å². The predicted molar refractivity (Wildman–Crippen MR) is 74.4 cm³/mol. The minimum absolute atomic E-state index is 0.441. The van der Waals surface area contributed by atoms with Crippen LogP contribution < -0.4 is 4.74 Å². The Hall–Kier alpha value is -1.80. The first kappa shape index (κ1) is 12.7. The van der Waals surface area contributed by atoms with Gasteiger partial charge in [0.15, 0.2) is 0 Å². The maximum atomic E-state index is 11.1. The topological polar surface area (TPSA) is 26.3 Å². The summed E-state index contributed by atoms with van der Waals surface area (Å²) in [6.45, 7) is 4.26. The smallest absolute Gasteiger partial charge is 0.252 e. The molecule has 0 aliphatic carbocycles. The van der Waals surface area contributed by atoms with E-state index in [1.807, 2.05) is 30.3 Å². The molecular formula is C15H13ClO2. The minimum atomic E-state index is -0.441. The van der Waals surface area contributed by atoms with Gasteiger partial charge in [-0.05, 0) is 53.1 Å². The Morgan fingerprint density at radius 1 is 1.22 bits per heavy atom. The molecule has 0 bridgehead atoms. The van der Waals surface area contributed by atoms with Gasteiger partial charge in [-0.1, -0.05) is 18.2 Å². The van der Waals surface area contributed by atoms with E-state index in [9.17, 15) is 4.79 Å². The summed E-state index contributed by atoms with van der Waals surface area (Å²) in [7, 11) is 0. The monoisotopic (exact) mass is 260 g/mol. The molecule has 18 heavy (non-hydrogen) atoms. The number of fused-ring (bicyclic) bond motifs is 1. The number of hydrogen-bond donors (Lipinski definition) is 0. The van der Waals surface area contributed by atoms with Crippen LogP contribution in [0.3, 0.4) is 0 Å². The number of ether oxygens (including phenoxy) is 1. The summed E-state index contributed by atoms with van der Waals surface area (Å²) in [4.78, 5) is 11.1. The first-order valence-electron chi connectivity index (χ1n) is 5.68. The third-order valence-electron chi connectivity index (χ3n) is 2.63. The van der Waals surface area contributed by atoms with Gasteiger partial charge in [-0.15, -0.1) is 6.58 Å². The molecule has 0 saturated carbocycles. The lowest BCUT2D eigenvalue weighted by Crippen LogP contribution is -1.95. The van der Waals surface area contributed by atoms with Gasteiger partial charge in [0.2, 0.25) is 0 Å². The fourth-order valence-electron chi connectivity index (χ4n) is 1.70. The highest BCUT2D eigenvalue weighted by atomic mass is 35.5. The highest BCUT2D eigenvalue weighted by Gasteiger charge is 2.03. The Labute approximate surface area is 111 Å². The summed E-state index contributed by atoms with van der Waals surface area (Å²) < 4.78 is 5.57. The molecule has 0 aliphatic heterocycles. The van der Waals surface area contributed by atoms with Crippen LogP contribution in [0.15, 0.2) is 49.1 Å². The normalized spacial score (nSPS) is 10.3. The lowest BCUT2D eigenvalue weighted by molar-refractivity contribution is 0.108. The number of carbonyl (C=O) groups is 1. The van der Waals surface area contributed by atoms with Crippen molar-refractivity contribution >= 4 is 27.6 Å². The molecule has 0 amide bonds. The lowest BCUT2D eigenvalue weighted by Gasteiger charge is -2.06. The van der Waals surface area contributed by atoms with Crippen molar-refractivity contribution in [3.8, 4) is 5.75 Å². The minimum Gasteiger partial charge on any atom is -0.493 e. The molecule has 2 nitrogen and oxygen atoms in total. The van der Waals surface area contributed by atoms with Crippen molar-refractivity contribution in [2.75, 3.05) is 6.61 Å². The van der Waals surface area contributed by atoms with E-state index in [0.717, 1.165) is 22.9 Å². The summed E-state index contributed by atoms with van der Waals surface area (Å²) in [5.74, 6) is 0.814. The van der Waals surface area contributed by atoms with Crippen LogP contribution in [0.25, 0.3) is 10.8 Å². The molecule has 0 atom stereocenters. The van der Waals surface area contributed by atoms with Crippen LogP contribution in [-0.4, -0.2) is 11.8 Å². The van der Waals surface area contributed by atoms with E-state index in [0.29, 0.717) is 12.2 Å². The molecule has 2 aromatic carbocycles. The standard InChI is InChI=1S/C15H13ClO2/c1-2-3-8-18-14-7-6-11-9-13(15(16)17)5-4-12(11)10-14/h2,4-7,9-10H,1,3,8H2. The third kappa shape index (κ3) is 2.90. The Kier molecular flexibility index (Phi) is 4.00. The summed E-state index contributed by atoms with van der Waals surface area (Å²) in [5.41, 5.74) is 0.504. The van der Waals surface area contributed by atoms with Gasteiger partial charge in [-0.3, -0.25) is 4.79 Å². The van der Waals surface area contributed by atoms with Crippen molar-refractivity contribution in [1.82, 2.24) is 0 Å². The number of benzene rings is 2. The molecule has 0 aliphatic rings. The van der Waals surface area contributed by atoms with Gasteiger partial charge in [0, 0.05) is 5.56 Å². The molecule has 0 N–H and O–H groups in total. The van der Waals surface area contributed by atoms with Crippen LogP contribution >= 0.6 is 11.6 Å². The van der Waals surface area contributed by atoms with Crippen LogP contribution in [0.1, 0.15) is 16.8 Å². The quantitative estimate of drug-likeness (QED) is 0.458. The molecule has 2 rings (SSSR count). The summed E-state index contributed by atoms with van der Waals surface area (Å²) in [6.07, 6.45) is 2.64. The average Bonchev–Trinajstić information content (AvgIpc) is 2.38. The van der Waals surface area contributed by atoms with Gasteiger partial charge in [0.1, 0.15) is 5.75 Å². The van der Waals surface area contributed by atoms with E-state index in [1.165, 1.54) is 0 Å². The first-order chi connectivity index (χ1) is 8.70. The number of halogens is 1. The fourth-order valence-corrected chi connectivity index (χ4v) is 1.81. The third-order valence-corrected chi connectivity index (χ3v) is 2.85. The fraction of sp³-hybridized carbons (Fsp3) is 0.133. The second-order valence-electron chi connectivity index (χ2n) is 3.92. The van der Waals surface area contributed by atoms with Crippen molar-refractivity contribution in [2.45, 2.75) is 6.42 Å². The number of rotatable bonds is 5. The van der Waals surface area contributed by atoms with Gasteiger partial charge < -0.3 is 4.74 Å². The summed E-state index contributed by atoms with van der Waals surface area (Å²) in [5, 5.41) is 1.55. The van der Waals surface area contributed by atoms with E-state index in [4.69, 9.17) is 16.3 Å². The number of carbonyl (C=O) groups excluding carboxylic acids is 1. The Morgan fingerprint density at radius 2 is 1.94 bits per heavy atom. The maximum absolute atomic E-state index is 11.1. The van der Waals surface area contributed by atoms with E-state index in [-0.39, 0.29) is 0 Å². The predicted octanol–water partition coefficient (Wildman–Crippen LogP) is 4.17. The number of hydrogen-bond acceptors (Lipinski definition) is 2. The van der Waals surface area contributed by atoms with E-state index >= 15 is 0 Å². The Bertz CT molecular complexity index is 590. The second-order valence-corrected chi connectivity index (χ2v) is 4.27. The Balaban J connectivity index is 2.26. The first-order valence-corrected chi connectivity index (χ1v) is 6.06. The zero-order valence-electron chi connectivity index (χ0n) is 9.86. The highest BCUT2D eigenvalue weighted by Crippen LogP contribution is 2.22. The van der Waals surface area contributed by atoms with E-state index < -0.39 is 5.24 Å². The molecule has 0 heterocycles. The van der Waals surface area contributed by atoms with Crippen molar-refractivity contribution in [3.63, 3.8) is 0 Å². The molecule has 0 saturated heterocycles.